The van der Waals surface area contributed by atoms with Crippen molar-refractivity contribution < 1.29 is 9.53 Å². The number of urea groups is 1. The Hall–Kier alpha value is -2.41. The lowest BCUT2D eigenvalue weighted by molar-refractivity contribution is 0.193. The van der Waals surface area contributed by atoms with E-state index < -0.39 is 0 Å². The third-order valence-corrected chi connectivity index (χ3v) is 4.09. The van der Waals surface area contributed by atoms with Crippen LogP contribution in [0.5, 0.6) is 0 Å². The summed E-state index contributed by atoms with van der Waals surface area (Å²) < 4.78 is 5.39. The Morgan fingerprint density at radius 3 is 3.09 bits per heavy atom. The van der Waals surface area contributed by atoms with Gasteiger partial charge in [-0.3, -0.25) is 10.00 Å². The summed E-state index contributed by atoms with van der Waals surface area (Å²) in [5.41, 5.74) is 1.77. The van der Waals surface area contributed by atoms with Gasteiger partial charge in [0.05, 0.1) is 6.61 Å². The number of H-pyrrole nitrogens is 1. The Bertz CT molecular complexity index is 693. The summed E-state index contributed by atoms with van der Waals surface area (Å²) in [5.74, 6) is 1.83. The minimum atomic E-state index is -0.0593. The number of amides is 2. The van der Waals surface area contributed by atoms with Gasteiger partial charge in [0.1, 0.15) is 5.82 Å². The molecular weight excluding hydrogens is 282 g/mol. The Kier molecular flexibility index (Phi) is 3.27. The Balaban J connectivity index is 1.61. The van der Waals surface area contributed by atoms with Crippen molar-refractivity contribution in [1.29, 1.82) is 0 Å². The molecule has 2 aliphatic rings. The summed E-state index contributed by atoms with van der Waals surface area (Å²) in [7, 11) is 0. The summed E-state index contributed by atoms with van der Waals surface area (Å²) in [5, 5.41) is 10.1. The van der Waals surface area contributed by atoms with E-state index >= 15 is 0 Å². The maximum atomic E-state index is 11.8. The van der Waals surface area contributed by atoms with Gasteiger partial charge < -0.3 is 10.1 Å². The molecule has 22 heavy (non-hydrogen) atoms. The average Bonchev–Trinajstić information content (AvgIpc) is 3.28. The lowest BCUT2D eigenvalue weighted by Crippen LogP contribution is -2.27. The zero-order valence-corrected chi connectivity index (χ0v) is 12.1. The van der Waals surface area contributed by atoms with Crippen LogP contribution in [0.1, 0.15) is 18.2 Å². The maximum Gasteiger partial charge on any atom is 0.321 e. The monoisotopic (exact) mass is 299 g/mol. The minimum Gasteiger partial charge on any atom is -0.381 e. The van der Waals surface area contributed by atoms with Crippen molar-refractivity contribution in [3.05, 3.63) is 30.1 Å². The molecule has 1 aromatic carbocycles. The van der Waals surface area contributed by atoms with Gasteiger partial charge >= 0.3 is 6.03 Å². The van der Waals surface area contributed by atoms with Gasteiger partial charge in [0.2, 0.25) is 0 Å². The molecule has 2 N–H and O–H groups in total. The van der Waals surface area contributed by atoms with Crippen LogP contribution in [0.4, 0.5) is 10.5 Å². The van der Waals surface area contributed by atoms with E-state index in [-0.39, 0.29) is 6.03 Å². The summed E-state index contributed by atoms with van der Waals surface area (Å²) in [6, 6.07) is 7.69. The standard InChI is InChI=1S/C15H17N5O2/c21-15-16-5-6-20(15)12-3-1-2-10(8-12)13-17-14(19-18-13)11-4-7-22-9-11/h1-3,8,11H,4-7,9H2,(H,16,21)(H,17,18,19). The van der Waals surface area contributed by atoms with Gasteiger partial charge in [0.15, 0.2) is 5.82 Å². The maximum absolute atomic E-state index is 11.8. The molecule has 2 saturated heterocycles. The lowest BCUT2D eigenvalue weighted by atomic mass is 10.1. The van der Waals surface area contributed by atoms with Gasteiger partial charge in [-0.05, 0) is 18.6 Å². The number of nitrogens with one attached hydrogen (secondary N) is 2. The molecule has 7 nitrogen and oxygen atoms in total. The van der Waals surface area contributed by atoms with E-state index in [0.717, 1.165) is 30.1 Å². The first-order chi connectivity index (χ1) is 10.8. The first-order valence-corrected chi connectivity index (χ1v) is 7.47. The molecule has 4 rings (SSSR count). The number of benzene rings is 1. The van der Waals surface area contributed by atoms with E-state index in [1.54, 1.807) is 4.90 Å². The van der Waals surface area contributed by atoms with Crippen molar-refractivity contribution in [3.8, 4) is 11.4 Å². The highest BCUT2D eigenvalue weighted by Crippen LogP contribution is 2.26. The Morgan fingerprint density at radius 2 is 2.32 bits per heavy atom. The average molecular weight is 299 g/mol. The number of carbonyl (C=O) groups excluding carboxylic acids is 1. The van der Waals surface area contributed by atoms with Gasteiger partial charge in [-0.15, -0.1) is 0 Å². The molecule has 1 atom stereocenters. The molecule has 0 spiro atoms. The summed E-state index contributed by atoms with van der Waals surface area (Å²) >= 11 is 0. The van der Waals surface area contributed by atoms with E-state index in [1.165, 1.54) is 0 Å². The molecule has 0 aliphatic carbocycles. The third-order valence-electron chi connectivity index (χ3n) is 4.09. The van der Waals surface area contributed by atoms with Crippen LogP contribution in [0.25, 0.3) is 11.4 Å². The van der Waals surface area contributed by atoms with Crippen LogP contribution in [-0.4, -0.2) is 47.5 Å². The van der Waals surface area contributed by atoms with E-state index in [1.807, 2.05) is 24.3 Å². The van der Waals surface area contributed by atoms with Crippen molar-refractivity contribution in [2.24, 2.45) is 0 Å². The molecule has 2 amide bonds. The van der Waals surface area contributed by atoms with Crippen LogP contribution in [0.2, 0.25) is 0 Å². The van der Waals surface area contributed by atoms with Crippen molar-refractivity contribution in [1.82, 2.24) is 20.5 Å². The number of rotatable bonds is 3. The van der Waals surface area contributed by atoms with E-state index in [9.17, 15) is 4.79 Å². The fourth-order valence-electron chi connectivity index (χ4n) is 2.87. The second-order valence-corrected chi connectivity index (χ2v) is 5.54. The van der Waals surface area contributed by atoms with Crippen molar-refractivity contribution in [2.75, 3.05) is 31.2 Å². The van der Waals surface area contributed by atoms with Crippen LogP contribution >= 0.6 is 0 Å². The smallest absolute Gasteiger partial charge is 0.321 e. The van der Waals surface area contributed by atoms with Crippen molar-refractivity contribution in [3.63, 3.8) is 0 Å². The van der Waals surface area contributed by atoms with Crippen LogP contribution in [0.3, 0.4) is 0 Å². The molecule has 114 valence electrons. The predicted octanol–water partition coefficient (Wildman–Crippen LogP) is 1.51. The second kappa shape index (κ2) is 5.42. The Labute approximate surface area is 127 Å². The number of aromatic nitrogens is 3. The highest BCUT2D eigenvalue weighted by atomic mass is 16.5. The normalized spacial score (nSPS) is 21.4. The number of hydrogen-bond acceptors (Lipinski definition) is 4. The summed E-state index contributed by atoms with van der Waals surface area (Å²) in [6.07, 6.45) is 0.975. The van der Waals surface area contributed by atoms with Gasteiger partial charge in [-0.25, -0.2) is 9.78 Å². The number of carbonyl (C=O) groups is 1. The quantitative estimate of drug-likeness (QED) is 0.900. The van der Waals surface area contributed by atoms with Crippen LogP contribution < -0.4 is 10.2 Å². The zero-order valence-electron chi connectivity index (χ0n) is 12.1. The number of nitrogens with zero attached hydrogens (tertiary/aromatic N) is 3. The second-order valence-electron chi connectivity index (χ2n) is 5.54. The molecule has 3 heterocycles. The lowest BCUT2D eigenvalue weighted by Gasteiger charge is -2.14. The number of hydrogen-bond donors (Lipinski definition) is 2. The fraction of sp³-hybridized carbons (Fsp3) is 0.400. The highest BCUT2D eigenvalue weighted by Gasteiger charge is 2.23. The number of aromatic amines is 1. The van der Waals surface area contributed by atoms with Crippen LogP contribution in [0.15, 0.2) is 24.3 Å². The molecule has 2 fully saturated rings. The van der Waals surface area contributed by atoms with Gasteiger partial charge in [0.25, 0.3) is 0 Å². The molecule has 2 aromatic rings. The van der Waals surface area contributed by atoms with Crippen LogP contribution in [-0.2, 0) is 4.74 Å². The molecular formula is C15H17N5O2. The molecule has 7 heteroatoms. The zero-order chi connectivity index (χ0) is 14.9. The van der Waals surface area contributed by atoms with Crippen molar-refractivity contribution >= 4 is 11.7 Å². The van der Waals surface area contributed by atoms with Gasteiger partial charge in [-0.2, -0.15) is 5.10 Å². The molecule has 0 radical (unpaired) electrons. The van der Waals surface area contributed by atoms with Crippen LogP contribution in [0, 0.1) is 0 Å². The number of ether oxygens (including phenoxy) is 1. The largest absolute Gasteiger partial charge is 0.381 e. The summed E-state index contributed by atoms with van der Waals surface area (Å²) in [6.45, 7) is 2.83. The van der Waals surface area contributed by atoms with E-state index in [0.29, 0.717) is 31.4 Å². The molecule has 2 aliphatic heterocycles. The first kappa shape index (κ1) is 13.3. The fourth-order valence-corrected chi connectivity index (χ4v) is 2.87. The van der Waals surface area contributed by atoms with E-state index in [2.05, 4.69) is 20.5 Å². The Morgan fingerprint density at radius 1 is 1.36 bits per heavy atom. The molecule has 1 aromatic heterocycles. The third kappa shape index (κ3) is 2.33. The van der Waals surface area contributed by atoms with Gasteiger partial charge in [-0.1, -0.05) is 12.1 Å². The molecule has 0 bridgehead atoms. The van der Waals surface area contributed by atoms with Crippen molar-refractivity contribution in [2.45, 2.75) is 12.3 Å². The van der Waals surface area contributed by atoms with Gasteiger partial charge in [0, 0.05) is 36.9 Å². The topological polar surface area (TPSA) is 83.1 Å². The molecule has 0 saturated carbocycles. The SMILES string of the molecule is O=C1NCCN1c1cccc(-c2n[nH]c(C3CCOC3)n2)c1. The highest BCUT2D eigenvalue weighted by molar-refractivity contribution is 5.94. The molecule has 1 unspecified atom stereocenters. The predicted molar refractivity (Wildman–Crippen MR) is 80.7 cm³/mol. The van der Waals surface area contributed by atoms with E-state index in [4.69, 9.17) is 4.74 Å². The summed E-state index contributed by atoms with van der Waals surface area (Å²) in [4.78, 5) is 18.1. The number of anilines is 1. The first-order valence-electron chi connectivity index (χ1n) is 7.47. The minimum absolute atomic E-state index is 0.0593.